The highest BCUT2D eigenvalue weighted by Crippen LogP contribution is 2.17. The van der Waals surface area contributed by atoms with Gasteiger partial charge in [0.25, 0.3) is 5.91 Å². The van der Waals surface area contributed by atoms with E-state index in [1.165, 1.54) is 12.1 Å². The number of rotatable bonds is 6. The van der Waals surface area contributed by atoms with E-state index in [9.17, 15) is 26.8 Å². The number of carbonyl (C=O) groups excluding carboxylic acids is 2. The molecule has 0 saturated carbocycles. The molecule has 2 N–H and O–H groups in total. The minimum absolute atomic E-state index is 0.102. The molecule has 0 atom stereocenters. The highest BCUT2D eigenvalue weighted by Gasteiger charge is 2.20. The molecule has 0 aliphatic heterocycles. The molecule has 0 aliphatic rings. The monoisotopic (exact) mass is 398 g/mol. The first-order valence-electron chi connectivity index (χ1n) is 7.60. The Morgan fingerprint density at radius 3 is 2.41 bits per heavy atom. The van der Waals surface area contributed by atoms with Gasteiger partial charge < -0.3 is 10.1 Å². The zero-order valence-corrected chi connectivity index (χ0v) is 15.2. The Morgan fingerprint density at radius 2 is 1.78 bits per heavy atom. The Bertz CT molecular complexity index is 993. The van der Waals surface area contributed by atoms with Crippen LogP contribution < -0.4 is 10.0 Å². The van der Waals surface area contributed by atoms with Crippen LogP contribution >= 0.6 is 0 Å². The lowest BCUT2D eigenvalue weighted by Gasteiger charge is -2.09. The molecule has 0 aromatic heterocycles. The highest BCUT2D eigenvalue weighted by molar-refractivity contribution is 7.89. The largest absolute Gasteiger partial charge is 0.452 e. The third kappa shape index (κ3) is 5.08. The number of amides is 1. The van der Waals surface area contributed by atoms with Crippen molar-refractivity contribution in [2.24, 2.45) is 0 Å². The lowest BCUT2D eigenvalue weighted by atomic mass is 10.2. The van der Waals surface area contributed by atoms with Crippen LogP contribution in [-0.2, 0) is 19.6 Å². The summed E-state index contributed by atoms with van der Waals surface area (Å²) >= 11 is 0. The summed E-state index contributed by atoms with van der Waals surface area (Å²) in [5, 5.41) is 2.21. The molecule has 0 spiro atoms. The topological polar surface area (TPSA) is 102 Å². The van der Waals surface area contributed by atoms with E-state index in [4.69, 9.17) is 0 Å². The van der Waals surface area contributed by atoms with Gasteiger partial charge in [-0.3, -0.25) is 4.79 Å². The molecule has 1 amide bonds. The first-order valence-corrected chi connectivity index (χ1v) is 9.08. The second-order valence-corrected chi connectivity index (χ2v) is 7.34. The Kier molecular flexibility index (Phi) is 6.24. The van der Waals surface area contributed by atoms with Gasteiger partial charge in [-0.1, -0.05) is 6.07 Å². The smallest absolute Gasteiger partial charge is 0.341 e. The summed E-state index contributed by atoms with van der Waals surface area (Å²) in [5.41, 5.74) is -0.0978. The summed E-state index contributed by atoms with van der Waals surface area (Å²) in [5.74, 6) is -3.75. The van der Waals surface area contributed by atoms with Crippen LogP contribution in [0.25, 0.3) is 0 Å². The number of carbonyl (C=O) groups is 2. The second kappa shape index (κ2) is 8.23. The van der Waals surface area contributed by atoms with Gasteiger partial charge >= 0.3 is 5.97 Å². The van der Waals surface area contributed by atoms with E-state index < -0.39 is 45.7 Å². The molecular weight excluding hydrogens is 382 g/mol. The normalized spacial score (nSPS) is 11.1. The molecule has 144 valence electrons. The van der Waals surface area contributed by atoms with Gasteiger partial charge in [-0.15, -0.1) is 0 Å². The maximum absolute atomic E-state index is 13.8. The van der Waals surface area contributed by atoms with Crippen LogP contribution in [0.3, 0.4) is 0 Å². The van der Waals surface area contributed by atoms with Crippen molar-refractivity contribution in [1.29, 1.82) is 0 Å². The van der Waals surface area contributed by atoms with Crippen molar-refractivity contribution in [1.82, 2.24) is 4.72 Å². The second-order valence-electron chi connectivity index (χ2n) is 5.46. The predicted octanol–water partition coefficient (Wildman–Crippen LogP) is 1.98. The molecule has 0 heterocycles. The summed E-state index contributed by atoms with van der Waals surface area (Å²) in [4.78, 5) is 23.4. The summed E-state index contributed by atoms with van der Waals surface area (Å²) in [7, 11) is -2.74. The third-order valence-electron chi connectivity index (χ3n) is 3.47. The van der Waals surface area contributed by atoms with Crippen molar-refractivity contribution >= 4 is 27.6 Å². The van der Waals surface area contributed by atoms with Gasteiger partial charge in [0.15, 0.2) is 6.61 Å². The quantitative estimate of drug-likeness (QED) is 0.725. The van der Waals surface area contributed by atoms with Gasteiger partial charge in [0.2, 0.25) is 10.0 Å². The molecule has 27 heavy (non-hydrogen) atoms. The first kappa shape index (κ1) is 20.5. The summed E-state index contributed by atoms with van der Waals surface area (Å²) in [6.07, 6.45) is 0. The Hall–Kier alpha value is -2.85. The molecule has 0 unspecified atom stereocenters. The van der Waals surface area contributed by atoms with Crippen molar-refractivity contribution in [3.8, 4) is 0 Å². The van der Waals surface area contributed by atoms with Crippen molar-refractivity contribution in [2.45, 2.75) is 11.8 Å². The van der Waals surface area contributed by atoms with Crippen LogP contribution in [-0.4, -0.2) is 33.9 Å². The molecule has 0 saturated heterocycles. The fraction of sp³-hybridized carbons (Fsp3) is 0.176. The fourth-order valence-corrected chi connectivity index (χ4v) is 2.82. The number of benzene rings is 2. The predicted molar refractivity (Wildman–Crippen MR) is 92.7 cm³/mol. The van der Waals surface area contributed by atoms with Gasteiger partial charge in [0.1, 0.15) is 11.6 Å². The molecule has 0 bridgehead atoms. The van der Waals surface area contributed by atoms with Gasteiger partial charge in [0, 0.05) is 0 Å². The van der Waals surface area contributed by atoms with E-state index in [0.717, 1.165) is 25.2 Å². The lowest BCUT2D eigenvalue weighted by Crippen LogP contribution is -2.23. The van der Waals surface area contributed by atoms with E-state index in [0.29, 0.717) is 5.56 Å². The molecular formula is C17H16F2N2O5S. The summed E-state index contributed by atoms with van der Waals surface area (Å²) in [6.45, 7) is 0.863. The van der Waals surface area contributed by atoms with E-state index >= 15 is 0 Å². The van der Waals surface area contributed by atoms with E-state index in [1.807, 2.05) is 4.72 Å². The van der Waals surface area contributed by atoms with Gasteiger partial charge in [-0.2, -0.15) is 0 Å². The molecule has 2 aromatic rings. The maximum Gasteiger partial charge on any atom is 0.341 e. The number of nitrogens with one attached hydrogen (secondary N) is 2. The summed E-state index contributed by atoms with van der Waals surface area (Å²) < 4.78 is 57.7. The van der Waals surface area contributed by atoms with Crippen LogP contribution in [0.5, 0.6) is 0 Å². The van der Waals surface area contributed by atoms with E-state index in [2.05, 4.69) is 10.1 Å². The minimum Gasteiger partial charge on any atom is -0.452 e. The Morgan fingerprint density at radius 1 is 1.07 bits per heavy atom. The number of hydrogen-bond donors (Lipinski definition) is 2. The van der Waals surface area contributed by atoms with E-state index in [1.54, 1.807) is 13.0 Å². The minimum atomic E-state index is -3.90. The highest BCUT2D eigenvalue weighted by atomic mass is 32.2. The number of esters is 1. The standard InChI is InChI=1S/C17H16F2N2O5S/c1-10-3-6-15(14(19)7-10)21-16(22)9-26-17(23)12-8-11(4-5-13(12)18)27(24,25)20-2/h3-8,20H,9H2,1-2H3,(H,21,22). The van der Waals surface area contributed by atoms with Gasteiger partial charge in [-0.05, 0) is 49.9 Å². The molecule has 2 aromatic carbocycles. The molecule has 2 rings (SSSR count). The average molecular weight is 398 g/mol. The van der Waals surface area contributed by atoms with Crippen molar-refractivity contribution in [3.05, 3.63) is 59.2 Å². The fourth-order valence-electron chi connectivity index (χ4n) is 2.06. The number of sulfonamides is 1. The van der Waals surface area contributed by atoms with E-state index in [-0.39, 0.29) is 10.6 Å². The van der Waals surface area contributed by atoms with Crippen molar-refractivity contribution < 1.29 is 31.5 Å². The Balaban J connectivity index is 2.07. The lowest BCUT2D eigenvalue weighted by molar-refractivity contribution is -0.119. The molecule has 10 heteroatoms. The summed E-state index contributed by atoms with van der Waals surface area (Å²) in [6, 6.07) is 6.70. The molecule has 0 fully saturated rings. The van der Waals surface area contributed by atoms with Crippen LogP contribution in [0.2, 0.25) is 0 Å². The number of aryl methyl sites for hydroxylation is 1. The number of halogens is 2. The van der Waals surface area contributed by atoms with Gasteiger partial charge in [-0.25, -0.2) is 26.7 Å². The van der Waals surface area contributed by atoms with Gasteiger partial charge in [0.05, 0.1) is 16.1 Å². The Labute approximate surface area is 154 Å². The van der Waals surface area contributed by atoms with Crippen LogP contribution in [0.1, 0.15) is 15.9 Å². The average Bonchev–Trinajstić information content (AvgIpc) is 2.62. The van der Waals surface area contributed by atoms with Crippen LogP contribution in [0.4, 0.5) is 14.5 Å². The number of ether oxygens (including phenoxy) is 1. The molecule has 0 aliphatic carbocycles. The number of hydrogen-bond acceptors (Lipinski definition) is 5. The van der Waals surface area contributed by atoms with Crippen LogP contribution in [0, 0.1) is 18.6 Å². The third-order valence-corrected chi connectivity index (χ3v) is 4.88. The SMILES string of the molecule is CNS(=O)(=O)c1ccc(F)c(C(=O)OCC(=O)Nc2ccc(C)cc2F)c1. The molecule has 0 radical (unpaired) electrons. The zero-order valence-electron chi connectivity index (χ0n) is 14.4. The van der Waals surface area contributed by atoms with Crippen LogP contribution in [0.15, 0.2) is 41.3 Å². The molecule has 7 nitrogen and oxygen atoms in total. The number of anilines is 1. The van der Waals surface area contributed by atoms with Crippen molar-refractivity contribution in [2.75, 3.05) is 19.0 Å². The zero-order chi connectivity index (χ0) is 20.2. The first-order chi connectivity index (χ1) is 12.6. The van der Waals surface area contributed by atoms with Crippen molar-refractivity contribution in [3.63, 3.8) is 0 Å². The maximum atomic E-state index is 13.8.